The molecule has 2 N–H and O–H groups in total. The molecule has 0 saturated carbocycles. The lowest BCUT2D eigenvalue weighted by molar-refractivity contribution is -0.143. The minimum Gasteiger partial charge on any atom is -0.467 e. The van der Waals surface area contributed by atoms with Crippen molar-refractivity contribution in [2.24, 2.45) is 0 Å². The number of benzene rings is 1. The minimum atomic E-state index is -3.62. The van der Waals surface area contributed by atoms with Gasteiger partial charge in [0.2, 0.25) is 10.0 Å². The number of nitrogens with one attached hydrogen (secondary N) is 2. The van der Waals surface area contributed by atoms with Crippen LogP contribution < -0.4 is 10.0 Å². The molecule has 1 unspecified atom stereocenters. The summed E-state index contributed by atoms with van der Waals surface area (Å²) in [4.78, 5) is 23.7. The lowest BCUT2D eigenvalue weighted by Gasteiger charge is -2.21. The second kappa shape index (κ2) is 9.54. The molecule has 0 aliphatic carbocycles. The Morgan fingerprint density at radius 3 is 2.31 bits per heavy atom. The fourth-order valence-corrected chi connectivity index (χ4v) is 3.67. The molecule has 0 aromatic heterocycles. The second-order valence-corrected chi connectivity index (χ2v) is 8.58. The van der Waals surface area contributed by atoms with Crippen molar-refractivity contribution in [3.63, 3.8) is 0 Å². The highest BCUT2D eigenvalue weighted by Crippen LogP contribution is 2.06. The van der Waals surface area contributed by atoms with Gasteiger partial charge in [0, 0.05) is 5.54 Å². The van der Waals surface area contributed by atoms with Gasteiger partial charge >= 0.3 is 12.1 Å². The lowest BCUT2D eigenvalue weighted by Crippen LogP contribution is -2.46. The van der Waals surface area contributed by atoms with Crippen LogP contribution in [0.3, 0.4) is 0 Å². The van der Waals surface area contributed by atoms with Crippen LogP contribution >= 0.6 is 0 Å². The Hall–Kier alpha value is -2.13. The van der Waals surface area contributed by atoms with Crippen molar-refractivity contribution in [2.75, 3.05) is 12.9 Å². The largest absolute Gasteiger partial charge is 0.467 e. The molecule has 26 heavy (non-hydrogen) atoms. The van der Waals surface area contributed by atoms with E-state index in [4.69, 9.17) is 4.74 Å². The van der Waals surface area contributed by atoms with Gasteiger partial charge in [-0.25, -0.2) is 22.7 Å². The van der Waals surface area contributed by atoms with E-state index in [0.717, 1.165) is 12.7 Å². The van der Waals surface area contributed by atoms with Gasteiger partial charge in [-0.15, -0.1) is 0 Å². The number of rotatable bonds is 8. The molecule has 0 spiro atoms. The van der Waals surface area contributed by atoms with Gasteiger partial charge in [-0.3, -0.25) is 0 Å². The summed E-state index contributed by atoms with van der Waals surface area (Å²) in [5.41, 5.74) is 0.149. The molecule has 1 atom stereocenters. The maximum absolute atomic E-state index is 12.1. The molecule has 0 radical (unpaired) electrons. The molecule has 1 aromatic rings. The first-order chi connectivity index (χ1) is 12.0. The fraction of sp³-hybridized carbons (Fsp3) is 0.529. The van der Waals surface area contributed by atoms with E-state index in [2.05, 4.69) is 14.8 Å². The lowest BCUT2D eigenvalue weighted by atomic mass is 10.1. The van der Waals surface area contributed by atoms with E-state index >= 15 is 0 Å². The van der Waals surface area contributed by atoms with E-state index in [0.29, 0.717) is 0 Å². The van der Waals surface area contributed by atoms with Crippen LogP contribution in [-0.2, 0) is 30.9 Å². The van der Waals surface area contributed by atoms with Gasteiger partial charge in [-0.2, -0.15) is 0 Å². The molecule has 0 saturated heterocycles. The SMILES string of the molecule is COC(=O)C(CCS(=O)(=O)NC(C)(C)C)NC(=O)OCc1ccccc1. The molecular weight excluding hydrogens is 360 g/mol. The zero-order chi connectivity index (χ0) is 19.8. The van der Waals surface area contributed by atoms with E-state index < -0.39 is 33.7 Å². The van der Waals surface area contributed by atoms with Crippen molar-refractivity contribution < 1.29 is 27.5 Å². The Balaban J connectivity index is 2.61. The number of carbonyl (C=O) groups excluding carboxylic acids is 2. The molecule has 0 fully saturated rings. The predicted molar refractivity (Wildman–Crippen MR) is 96.9 cm³/mol. The smallest absolute Gasteiger partial charge is 0.408 e. The van der Waals surface area contributed by atoms with Crippen LogP contribution in [-0.4, -0.2) is 44.9 Å². The van der Waals surface area contributed by atoms with Crippen molar-refractivity contribution in [1.29, 1.82) is 0 Å². The summed E-state index contributed by atoms with van der Waals surface area (Å²) in [6.07, 6.45) is -0.969. The van der Waals surface area contributed by atoms with E-state index in [-0.39, 0.29) is 18.8 Å². The quantitative estimate of drug-likeness (QED) is 0.656. The number of hydrogen-bond acceptors (Lipinski definition) is 6. The molecule has 146 valence electrons. The van der Waals surface area contributed by atoms with E-state index in [1.165, 1.54) is 0 Å². The molecule has 0 bridgehead atoms. The molecule has 1 aromatic carbocycles. The number of carbonyl (C=O) groups is 2. The van der Waals surface area contributed by atoms with Gasteiger partial charge in [0.1, 0.15) is 12.6 Å². The highest BCUT2D eigenvalue weighted by molar-refractivity contribution is 7.89. The van der Waals surface area contributed by atoms with Crippen molar-refractivity contribution >= 4 is 22.1 Å². The van der Waals surface area contributed by atoms with E-state index in [1.54, 1.807) is 45.0 Å². The number of ether oxygens (including phenoxy) is 2. The normalized spacial score (nSPS) is 12.9. The number of esters is 1. The van der Waals surface area contributed by atoms with Crippen molar-refractivity contribution in [3.8, 4) is 0 Å². The average molecular weight is 386 g/mol. The molecule has 0 aliphatic heterocycles. The van der Waals surface area contributed by atoms with Crippen LogP contribution in [0.1, 0.15) is 32.8 Å². The van der Waals surface area contributed by atoms with Crippen molar-refractivity contribution in [2.45, 2.75) is 45.4 Å². The minimum absolute atomic E-state index is 0.0322. The van der Waals surface area contributed by atoms with Crippen LogP contribution in [0.2, 0.25) is 0 Å². The van der Waals surface area contributed by atoms with Gasteiger partial charge in [0.05, 0.1) is 12.9 Å². The van der Waals surface area contributed by atoms with Crippen LogP contribution in [0.15, 0.2) is 30.3 Å². The maximum atomic E-state index is 12.1. The second-order valence-electron chi connectivity index (χ2n) is 6.74. The Labute approximate surface area is 154 Å². The zero-order valence-corrected chi connectivity index (χ0v) is 16.3. The number of sulfonamides is 1. The van der Waals surface area contributed by atoms with Gasteiger partial charge in [0.15, 0.2) is 0 Å². The zero-order valence-electron chi connectivity index (χ0n) is 15.4. The van der Waals surface area contributed by atoms with Gasteiger partial charge in [0.25, 0.3) is 0 Å². The van der Waals surface area contributed by atoms with Crippen molar-refractivity contribution in [3.05, 3.63) is 35.9 Å². The Morgan fingerprint density at radius 2 is 1.77 bits per heavy atom. The molecule has 9 heteroatoms. The molecule has 0 aliphatic rings. The number of alkyl carbamates (subject to hydrolysis) is 1. The summed E-state index contributed by atoms with van der Waals surface area (Å²) in [5.74, 6) is -1.09. The summed E-state index contributed by atoms with van der Waals surface area (Å²) in [6, 6.07) is 7.90. The highest BCUT2D eigenvalue weighted by Gasteiger charge is 2.26. The number of methoxy groups -OCH3 is 1. The molecule has 0 heterocycles. The molecule has 1 rings (SSSR count). The van der Waals surface area contributed by atoms with E-state index in [9.17, 15) is 18.0 Å². The third kappa shape index (κ3) is 8.82. The molecular formula is C17H26N2O6S. The summed E-state index contributed by atoms with van der Waals surface area (Å²) in [5, 5.41) is 2.35. The standard InChI is InChI=1S/C17H26N2O6S/c1-17(2,3)19-26(22,23)11-10-14(15(20)24-4)18-16(21)25-12-13-8-6-5-7-9-13/h5-9,14,19H,10-12H2,1-4H3,(H,18,21). The van der Waals surface area contributed by atoms with Crippen LogP contribution in [0, 0.1) is 0 Å². The summed E-state index contributed by atoms with van der Waals surface area (Å²) in [6.45, 7) is 5.16. The van der Waals surface area contributed by atoms with Crippen LogP contribution in [0.5, 0.6) is 0 Å². The molecule has 1 amide bonds. The van der Waals surface area contributed by atoms with Crippen LogP contribution in [0.25, 0.3) is 0 Å². The topological polar surface area (TPSA) is 111 Å². The predicted octanol–water partition coefficient (Wildman–Crippen LogP) is 1.56. The van der Waals surface area contributed by atoms with Gasteiger partial charge < -0.3 is 14.8 Å². The summed E-state index contributed by atoms with van der Waals surface area (Å²) < 4.78 is 36.2. The Morgan fingerprint density at radius 1 is 1.15 bits per heavy atom. The Kier molecular flexibility index (Phi) is 8.04. The average Bonchev–Trinajstić information content (AvgIpc) is 2.54. The van der Waals surface area contributed by atoms with Crippen molar-refractivity contribution in [1.82, 2.24) is 10.0 Å². The summed E-state index contributed by atoms with van der Waals surface area (Å²) >= 11 is 0. The van der Waals surface area contributed by atoms with Gasteiger partial charge in [-0.1, -0.05) is 30.3 Å². The summed E-state index contributed by atoms with van der Waals surface area (Å²) in [7, 11) is -2.46. The number of amides is 1. The monoisotopic (exact) mass is 386 g/mol. The Bertz CT molecular complexity index is 698. The fourth-order valence-electron chi connectivity index (χ4n) is 2.09. The first-order valence-electron chi connectivity index (χ1n) is 8.09. The maximum Gasteiger partial charge on any atom is 0.408 e. The third-order valence-corrected chi connectivity index (χ3v) is 4.82. The van der Waals surface area contributed by atoms with Gasteiger partial charge in [-0.05, 0) is 32.8 Å². The number of hydrogen-bond donors (Lipinski definition) is 2. The van der Waals surface area contributed by atoms with Crippen LogP contribution in [0.4, 0.5) is 4.79 Å². The highest BCUT2D eigenvalue weighted by atomic mass is 32.2. The third-order valence-electron chi connectivity index (χ3n) is 3.13. The first kappa shape index (κ1) is 21.9. The first-order valence-corrected chi connectivity index (χ1v) is 9.74. The van der Waals surface area contributed by atoms with E-state index in [1.807, 2.05) is 6.07 Å². The molecule has 8 nitrogen and oxygen atoms in total.